The Bertz CT molecular complexity index is 299. The van der Waals surface area contributed by atoms with Crippen LogP contribution in [0.25, 0.3) is 0 Å². The second-order valence-corrected chi connectivity index (χ2v) is 5.06. The van der Waals surface area contributed by atoms with Crippen LogP contribution in [-0.2, 0) is 0 Å². The highest BCUT2D eigenvalue weighted by molar-refractivity contribution is 7.15. The van der Waals surface area contributed by atoms with Crippen molar-refractivity contribution < 1.29 is 0 Å². The van der Waals surface area contributed by atoms with E-state index in [1.54, 1.807) is 11.3 Å². The molecule has 5 heteroatoms. The Morgan fingerprint density at radius 2 is 2.36 bits per heavy atom. The number of rotatable bonds is 3. The SMILES string of the molecule is Cc1nnc(NC2CCC(CN)C2)s1. The summed E-state index contributed by atoms with van der Waals surface area (Å²) < 4.78 is 0. The Morgan fingerprint density at radius 3 is 2.93 bits per heavy atom. The number of nitrogens with one attached hydrogen (secondary N) is 1. The van der Waals surface area contributed by atoms with Crippen LogP contribution in [0.3, 0.4) is 0 Å². The van der Waals surface area contributed by atoms with Gasteiger partial charge >= 0.3 is 0 Å². The Morgan fingerprint density at radius 1 is 1.50 bits per heavy atom. The molecule has 1 aromatic rings. The Labute approximate surface area is 87.9 Å². The first kappa shape index (κ1) is 9.86. The van der Waals surface area contributed by atoms with E-state index in [2.05, 4.69) is 15.5 Å². The molecule has 0 spiro atoms. The molecule has 0 aromatic carbocycles. The lowest BCUT2D eigenvalue weighted by Crippen LogP contribution is -2.17. The van der Waals surface area contributed by atoms with Crippen molar-refractivity contribution in [3.05, 3.63) is 5.01 Å². The lowest BCUT2D eigenvalue weighted by Gasteiger charge is -2.10. The largest absolute Gasteiger partial charge is 0.357 e. The third-order valence-corrected chi connectivity index (χ3v) is 3.50. The van der Waals surface area contributed by atoms with Crippen LogP contribution in [0, 0.1) is 12.8 Å². The fourth-order valence-electron chi connectivity index (χ4n) is 1.95. The second kappa shape index (κ2) is 4.23. The lowest BCUT2D eigenvalue weighted by atomic mass is 10.1. The fraction of sp³-hybridized carbons (Fsp3) is 0.778. The van der Waals surface area contributed by atoms with E-state index in [1.807, 2.05) is 6.92 Å². The zero-order chi connectivity index (χ0) is 9.97. The highest BCUT2D eigenvalue weighted by Gasteiger charge is 2.23. The predicted molar refractivity (Wildman–Crippen MR) is 58.5 cm³/mol. The molecule has 4 nitrogen and oxygen atoms in total. The third-order valence-electron chi connectivity index (χ3n) is 2.73. The first-order valence-electron chi connectivity index (χ1n) is 5.04. The normalized spacial score (nSPS) is 26.7. The van der Waals surface area contributed by atoms with E-state index in [4.69, 9.17) is 5.73 Å². The highest BCUT2D eigenvalue weighted by Crippen LogP contribution is 2.28. The van der Waals surface area contributed by atoms with Crippen LogP contribution < -0.4 is 11.1 Å². The van der Waals surface area contributed by atoms with Gasteiger partial charge in [-0.05, 0) is 38.6 Å². The van der Waals surface area contributed by atoms with Gasteiger partial charge in [-0.2, -0.15) is 0 Å². The van der Waals surface area contributed by atoms with Gasteiger partial charge < -0.3 is 11.1 Å². The lowest BCUT2D eigenvalue weighted by molar-refractivity contribution is 0.555. The number of aromatic nitrogens is 2. The molecule has 2 rings (SSSR count). The second-order valence-electron chi connectivity index (χ2n) is 3.88. The quantitative estimate of drug-likeness (QED) is 0.794. The monoisotopic (exact) mass is 212 g/mol. The van der Waals surface area contributed by atoms with Gasteiger partial charge in [-0.25, -0.2) is 0 Å². The van der Waals surface area contributed by atoms with Crippen LogP contribution in [0.2, 0.25) is 0 Å². The van der Waals surface area contributed by atoms with Gasteiger partial charge in [0.05, 0.1) is 0 Å². The molecule has 2 unspecified atom stereocenters. The van der Waals surface area contributed by atoms with Gasteiger partial charge in [0.25, 0.3) is 0 Å². The number of nitrogens with two attached hydrogens (primary N) is 1. The van der Waals surface area contributed by atoms with E-state index in [-0.39, 0.29) is 0 Å². The van der Waals surface area contributed by atoms with Crippen LogP contribution in [0.5, 0.6) is 0 Å². The topological polar surface area (TPSA) is 63.8 Å². The van der Waals surface area contributed by atoms with Gasteiger partial charge in [-0.1, -0.05) is 11.3 Å². The summed E-state index contributed by atoms with van der Waals surface area (Å²) in [5.74, 6) is 0.696. The first-order valence-corrected chi connectivity index (χ1v) is 5.86. The summed E-state index contributed by atoms with van der Waals surface area (Å²) in [6.45, 7) is 2.79. The van der Waals surface area contributed by atoms with E-state index in [0.29, 0.717) is 12.0 Å². The van der Waals surface area contributed by atoms with Crippen LogP contribution in [-0.4, -0.2) is 22.8 Å². The maximum Gasteiger partial charge on any atom is 0.205 e. The van der Waals surface area contributed by atoms with Crippen LogP contribution >= 0.6 is 11.3 Å². The zero-order valence-electron chi connectivity index (χ0n) is 8.36. The van der Waals surface area contributed by atoms with Crippen molar-refractivity contribution in [2.75, 3.05) is 11.9 Å². The maximum absolute atomic E-state index is 5.64. The molecule has 0 radical (unpaired) electrons. The number of hydrogen-bond acceptors (Lipinski definition) is 5. The molecule has 0 amide bonds. The Hall–Kier alpha value is -0.680. The van der Waals surface area contributed by atoms with E-state index < -0.39 is 0 Å². The van der Waals surface area contributed by atoms with Crippen molar-refractivity contribution in [3.63, 3.8) is 0 Å². The van der Waals surface area contributed by atoms with E-state index in [1.165, 1.54) is 19.3 Å². The Balaban J connectivity index is 1.87. The van der Waals surface area contributed by atoms with Crippen molar-refractivity contribution in [1.82, 2.24) is 10.2 Å². The molecule has 1 heterocycles. The van der Waals surface area contributed by atoms with Crippen LogP contribution in [0.15, 0.2) is 0 Å². The summed E-state index contributed by atoms with van der Waals surface area (Å²) in [6.07, 6.45) is 3.63. The van der Waals surface area contributed by atoms with Crippen molar-refractivity contribution in [2.24, 2.45) is 11.7 Å². The molecule has 78 valence electrons. The first-order chi connectivity index (χ1) is 6.78. The van der Waals surface area contributed by atoms with Crippen molar-refractivity contribution in [2.45, 2.75) is 32.2 Å². The van der Waals surface area contributed by atoms with Gasteiger partial charge in [0.2, 0.25) is 5.13 Å². The summed E-state index contributed by atoms with van der Waals surface area (Å²) in [5, 5.41) is 13.4. The molecule has 3 N–H and O–H groups in total. The number of nitrogens with zero attached hydrogens (tertiary/aromatic N) is 2. The van der Waals surface area contributed by atoms with Crippen molar-refractivity contribution in [3.8, 4) is 0 Å². The van der Waals surface area contributed by atoms with Gasteiger partial charge in [0.15, 0.2) is 0 Å². The highest BCUT2D eigenvalue weighted by atomic mass is 32.1. The van der Waals surface area contributed by atoms with E-state index in [9.17, 15) is 0 Å². The van der Waals surface area contributed by atoms with Crippen LogP contribution in [0.4, 0.5) is 5.13 Å². The number of anilines is 1. The molecular formula is C9H16N4S. The van der Waals surface area contributed by atoms with Crippen molar-refractivity contribution >= 4 is 16.5 Å². The molecule has 1 aliphatic rings. The fourth-order valence-corrected chi connectivity index (χ4v) is 2.62. The third kappa shape index (κ3) is 2.22. The smallest absolute Gasteiger partial charge is 0.205 e. The van der Waals surface area contributed by atoms with Gasteiger partial charge in [-0.3, -0.25) is 0 Å². The van der Waals surface area contributed by atoms with E-state index >= 15 is 0 Å². The predicted octanol–water partition coefficient (Wildman–Crippen LogP) is 1.39. The number of hydrogen-bond donors (Lipinski definition) is 2. The average Bonchev–Trinajstić information content (AvgIpc) is 2.76. The molecule has 0 aliphatic heterocycles. The molecule has 0 saturated heterocycles. The summed E-state index contributed by atoms with van der Waals surface area (Å²) in [5.41, 5.74) is 5.64. The summed E-state index contributed by atoms with van der Waals surface area (Å²) in [7, 11) is 0. The molecule has 1 saturated carbocycles. The minimum atomic E-state index is 0.552. The Kier molecular flexibility index (Phi) is 2.98. The van der Waals surface area contributed by atoms with Gasteiger partial charge in [-0.15, -0.1) is 10.2 Å². The van der Waals surface area contributed by atoms with E-state index in [0.717, 1.165) is 16.7 Å². The molecule has 2 atom stereocenters. The van der Waals surface area contributed by atoms with Crippen LogP contribution in [0.1, 0.15) is 24.3 Å². The molecule has 14 heavy (non-hydrogen) atoms. The summed E-state index contributed by atoms with van der Waals surface area (Å²) in [4.78, 5) is 0. The standard InChI is InChI=1S/C9H16N4S/c1-6-12-13-9(14-6)11-8-3-2-7(4-8)5-10/h7-8H,2-5,10H2,1H3,(H,11,13). The minimum absolute atomic E-state index is 0.552. The van der Waals surface area contributed by atoms with Gasteiger partial charge in [0.1, 0.15) is 5.01 Å². The maximum atomic E-state index is 5.64. The van der Waals surface area contributed by atoms with Gasteiger partial charge in [0, 0.05) is 6.04 Å². The zero-order valence-corrected chi connectivity index (χ0v) is 9.18. The molecule has 1 aliphatic carbocycles. The number of aryl methyl sites for hydroxylation is 1. The summed E-state index contributed by atoms with van der Waals surface area (Å²) >= 11 is 1.62. The summed E-state index contributed by atoms with van der Waals surface area (Å²) in [6, 6.07) is 0.552. The van der Waals surface area contributed by atoms with Crippen molar-refractivity contribution in [1.29, 1.82) is 0 Å². The molecular weight excluding hydrogens is 196 g/mol. The molecule has 1 aromatic heterocycles. The average molecular weight is 212 g/mol. The molecule has 1 fully saturated rings. The minimum Gasteiger partial charge on any atom is -0.357 e. The molecule has 0 bridgehead atoms.